The average molecular weight is 398 g/mol. The van der Waals surface area contributed by atoms with Gasteiger partial charge in [-0.3, -0.25) is 15.0 Å². The Balaban J connectivity index is 1.40. The third kappa shape index (κ3) is 4.07. The van der Waals surface area contributed by atoms with Gasteiger partial charge in [0.1, 0.15) is 11.5 Å². The van der Waals surface area contributed by atoms with Crippen LogP contribution in [0.3, 0.4) is 0 Å². The number of carbonyl (C=O) groups is 1. The minimum absolute atomic E-state index is 0.107. The number of methoxy groups -OCH3 is 1. The number of hydrogen-bond acceptors (Lipinski definition) is 7. The highest BCUT2D eigenvalue weighted by molar-refractivity contribution is 7.13. The van der Waals surface area contributed by atoms with Crippen LogP contribution in [0.25, 0.3) is 0 Å². The largest absolute Gasteiger partial charge is 0.496 e. The van der Waals surface area contributed by atoms with Crippen molar-refractivity contribution in [2.45, 2.75) is 26.3 Å². The SMILES string of the molecule is COc1ccccc1CN1CCc2nc(C(=O)Nc3nc(C)cs3)oc2CC1. The number of fused-ring (bicyclic) bond motifs is 1. The van der Waals surface area contributed by atoms with E-state index in [1.807, 2.05) is 30.5 Å². The summed E-state index contributed by atoms with van der Waals surface area (Å²) in [4.78, 5) is 23.4. The predicted octanol–water partition coefficient (Wildman–Crippen LogP) is 3.30. The number of carbonyl (C=O) groups excluding carboxylic acids is 1. The average Bonchev–Trinajstić information content (AvgIpc) is 3.25. The molecule has 0 aliphatic carbocycles. The van der Waals surface area contributed by atoms with E-state index in [1.165, 1.54) is 11.3 Å². The second kappa shape index (κ2) is 8.12. The number of hydrogen-bond donors (Lipinski definition) is 1. The Bertz CT molecular complexity index is 956. The maximum absolute atomic E-state index is 12.4. The molecule has 0 spiro atoms. The maximum Gasteiger partial charge on any atom is 0.313 e. The summed E-state index contributed by atoms with van der Waals surface area (Å²) in [7, 11) is 1.69. The molecule has 0 saturated carbocycles. The first-order valence-electron chi connectivity index (χ1n) is 9.18. The van der Waals surface area contributed by atoms with E-state index in [0.717, 1.165) is 60.9 Å². The Labute approximate surface area is 167 Å². The summed E-state index contributed by atoms with van der Waals surface area (Å²) in [6, 6.07) is 8.06. The van der Waals surface area contributed by atoms with Crippen molar-refractivity contribution in [1.82, 2.24) is 14.9 Å². The molecule has 0 atom stereocenters. The van der Waals surface area contributed by atoms with Gasteiger partial charge in [0.2, 0.25) is 0 Å². The van der Waals surface area contributed by atoms with Crippen molar-refractivity contribution < 1.29 is 13.9 Å². The first kappa shape index (κ1) is 18.6. The lowest BCUT2D eigenvalue weighted by Gasteiger charge is -2.20. The molecule has 0 radical (unpaired) electrons. The van der Waals surface area contributed by atoms with Gasteiger partial charge in [-0.25, -0.2) is 9.97 Å². The van der Waals surface area contributed by atoms with Gasteiger partial charge in [-0.15, -0.1) is 11.3 Å². The number of nitrogens with one attached hydrogen (secondary N) is 1. The van der Waals surface area contributed by atoms with E-state index in [4.69, 9.17) is 9.15 Å². The van der Waals surface area contributed by atoms with E-state index in [-0.39, 0.29) is 11.8 Å². The molecular weight excluding hydrogens is 376 g/mol. The number of ether oxygens (including phenoxy) is 1. The van der Waals surface area contributed by atoms with Gasteiger partial charge in [-0.05, 0) is 13.0 Å². The van der Waals surface area contributed by atoms with Gasteiger partial charge in [0, 0.05) is 43.4 Å². The van der Waals surface area contributed by atoms with E-state index < -0.39 is 0 Å². The molecule has 2 aromatic heterocycles. The van der Waals surface area contributed by atoms with Crippen molar-refractivity contribution in [2.75, 3.05) is 25.5 Å². The molecule has 0 saturated heterocycles. The molecule has 7 nitrogen and oxygen atoms in total. The third-order valence-corrected chi connectivity index (χ3v) is 5.59. The van der Waals surface area contributed by atoms with E-state index in [9.17, 15) is 4.79 Å². The Hall–Kier alpha value is -2.71. The molecule has 1 amide bonds. The lowest BCUT2D eigenvalue weighted by Crippen LogP contribution is -2.26. The van der Waals surface area contributed by atoms with Crippen LogP contribution in [0, 0.1) is 6.92 Å². The minimum Gasteiger partial charge on any atom is -0.496 e. The predicted molar refractivity (Wildman–Crippen MR) is 107 cm³/mol. The number of amides is 1. The summed E-state index contributed by atoms with van der Waals surface area (Å²) in [5.41, 5.74) is 2.90. The topological polar surface area (TPSA) is 80.5 Å². The maximum atomic E-state index is 12.4. The van der Waals surface area contributed by atoms with Crippen LogP contribution in [0.1, 0.15) is 33.4 Å². The van der Waals surface area contributed by atoms with Crippen LogP contribution in [-0.2, 0) is 19.4 Å². The smallest absolute Gasteiger partial charge is 0.313 e. The fourth-order valence-corrected chi connectivity index (χ4v) is 3.98. The molecule has 146 valence electrons. The van der Waals surface area contributed by atoms with Crippen LogP contribution in [-0.4, -0.2) is 41.0 Å². The molecule has 3 aromatic rings. The first-order chi connectivity index (χ1) is 13.6. The zero-order valence-electron chi connectivity index (χ0n) is 15.9. The number of aromatic nitrogens is 2. The zero-order chi connectivity index (χ0) is 19.5. The number of thiazole rings is 1. The Morgan fingerprint density at radius 3 is 2.89 bits per heavy atom. The molecule has 28 heavy (non-hydrogen) atoms. The Morgan fingerprint density at radius 2 is 2.11 bits per heavy atom. The normalized spacial score (nSPS) is 14.4. The molecule has 0 fully saturated rings. The van der Waals surface area contributed by atoms with Gasteiger partial charge in [0.25, 0.3) is 5.89 Å². The second-order valence-electron chi connectivity index (χ2n) is 6.73. The lowest BCUT2D eigenvalue weighted by atomic mass is 10.2. The van der Waals surface area contributed by atoms with Crippen molar-refractivity contribution in [3.8, 4) is 5.75 Å². The first-order valence-corrected chi connectivity index (χ1v) is 10.1. The molecular formula is C20H22N4O3S. The monoisotopic (exact) mass is 398 g/mol. The van der Waals surface area contributed by atoms with Gasteiger partial charge in [0.05, 0.1) is 18.5 Å². The summed E-state index contributed by atoms with van der Waals surface area (Å²) < 4.78 is 11.2. The van der Waals surface area contributed by atoms with Gasteiger partial charge < -0.3 is 9.15 Å². The van der Waals surface area contributed by atoms with Crippen LogP contribution in [0.2, 0.25) is 0 Å². The molecule has 1 aliphatic heterocycles. The number of para-hydroxylation sites is 1. The van der Waals surface area contributed by atoms with Gasteiger partial charge >= 0.3 is 5.91 Å². The van der Waals surface area contributed by atoms with Crippen LogP contribution in [0.4, 0.5) is 5.13 Å². The van der Waals surface area contributed by atoms with Crippen molar-refractivity contribution in [3.63, 3.8) is 0 Å². The second-order valence-corrected chi connectivity index (χ2v) is 7.58. The minimum atomic E-state index is -0.353. The van der Waals surface area contributed by atoms with Crippen LogP contribution in [0.5, 0.6) is 5.75 Å². The van der Waals surface area contributed by atoms with E-state index in [0.29, 0.717) is 5.13 Å². The van der Waals surface area contributed by atoms with Gasteiger partial charge in [0.15, 0.2) is 5.13 Å². The van der Waals surface area contributed by atoms with Gasteiger partial charge in [-0.1, -0.05) is 18.2 Å². The molecule has 1 aliphatic rings. The lowest BCUT2D eigenvalue weighted by molar-refractivity contribution is 0.0988. The highest BCUT2D eigenvalue weighted by atomic mass is 32.1. The summed E-state index contributed by atoms with van der Waals surface area (Å²) in [6.45, 7) is 4.39. The van der Waals surface area contributed by atoms with E-state index >= 15 is 0 Å². The standard InChI is InChI=1S/C20H22N4O3S/c1-13-12-28-20(21-13)23-18(25)19-22-15-7-9-24(10-8-17(15)27-19)11-14-5-3-4-6-16(14)26-2/h3-6,12H,7-11H2,1-2H3,(H,21,23,25). The quantitative estimate of drug-likeness (QED) is 0.710. The summed E-state index contributed by atoms with van der Waals surface area (Å²) >= 11 is 1.39. The number of aryl methyl sites for hydroxylation is 1. The summed E-state index contributed by atoms with van der Waals surface area (Å²) in [5.74, 6) is 1.45. The summed E-state index contributed by atoms with van der Waals surface area (Å²) in [6.07, 6.45) is 1.47. The third-order valence-electron chi connectivity index (χ3n) is 4.72. The number of nitrogens with zero attached hydrogens (tertiary/aromatic N) is 3. The number of benzene rings is 1. The fourth-order valence-electron chi connectivity index (χ4n) is 3.30. The number of oxazole rings is 1. The fraction of sp³-hybridized carbons (Fsp3) is 0.350. The zero-order valence-corrected chi connectivity index (χ0v) is 16.7. The van der Waals surface area contributed by atoms with Gasteiger partial charge in [-0.2, -0.15) is 0 Å². The molecule has 1 aromatic carbocycles. The van der Waals surface area contributed by atoms with Crippen molar-refractivity contribution in [3.05, 3.63) is 58.2 Å². The summed E-state index contributed by atoms with van der Waals surface area (Å²) in [5, 5.41) is 5.19. The highest BCUT2D eigenvalue weighted by Crippen LogP contribution is 2.23. The van der Waals surface area contributed by atoms with Crippen LogP contribution < -0.4 is 10.1 Å². The van der Waals surface area contributed by atoms with Crippen molar-refractivity contribution >= 4 is 22.4 Å². The van der Waals surface area contributed by atoms with Crippen molar-refractivity contribution in [2.24, 2.45) is 0 Å². The highest BCUT2D eigenvalue weighted by Gasteiger charge is 2.23. The van der Waals surface area contributed by atoms with Crippen LogP contribution >= 0.6 is 11.3 Å². The number of rotatable bonds is 5. The Kier molecular flexibility index (Phi) is 5.40. The molecule has 0 bridgehead atoms. The van der Waals surface area contributed by atoms with E-state index in [2.05, 4.69) is 26.3 Å². The Morgan fingerprint density at radius 1 is 1.29 bits per heavy atom. The van der Waals surface area contributed by atoms with E-state index in [1.54, 1.807) is 7.11 Å². The molecule has 1 N–H and O–H groups in total. The number of anilines is 1. The molecule has 8 heteroatoms. The van der Waals surface area contributed by atoms with Crippen molar-refractivity contribution in [1.29, 1.82) is 0 Å². The molecule has 3 heterocycles. The van der Waals surface area contributed by atoms with Crippen LogP contribution in [0.15, 0.2) is 34.1 Å². The molecule has 0 unspecified atom stereocenters. The molecule has 4 rings (SSSR count).